The van der Waals surface area contributed by atoms with E-state index in [9.17, 15) is 15.3 Å². The predicted octanol–water partition coefficient (Wildman–Crippen LogP) is 0.384. The summed E-state index contributed by atoms with van der Waals surface area (Å²) in [5.74, 6) is 6.74. The van der Waals surface area contributed by atoms with Gasteiger partial charge in [-0.1, -0.05) is 26.2 Å². The number of aliphatic hydroxyl groups is 3. The third kappa shape index (κ3) is 4.28. The van der Waals surface area contributed by atoms with Gasteiger partial charge in [0.25, 0.3) is 0 Å². The van der Waals surface area contributed by atoms with E-state index >= 15 is 0 Å². The first-order valence-corrected chi connectivity index (χ1v) is 9.92. The molecule has 0 radical (unpaired) electrons. The van der Waals surface area contributed by atoms with Gasteiger partial charge in [-0.15, -0.1) is 0 Å². The van der Waals surface area contributed by atoms with Crippen LogP contribution < -0.4 is 11.1 Å². The van der Waals surface area contributed by atoms with E-state index in [2.05, 4.69) is 39.0 Å². The molecule has 0 bridgehead atoms. The summed E-state index contributed by atoms with van der Waals surface area (Å²) >= 11 is 0. The molecule has 0 aromatic carbocycles. The maximum Gasteiger partial charge on any atom is 0.208 e. The van der Waals surface area contributed by atoms with E-state index in [1.165, 1.54) is 0 Å². The fourth-order valence-corrected chi connectivity index (χ4v) is 3.15. The summed E-state index contributed by atoms with van der Waals surface area (Å²) in [7, 11) is 0. The molecule has 2 aromatic heterocycles. The van der Waals surface area contributed by atoms with Crippen LogP contribution in [0.15, 0.2) is 0 Å². The molecule has 10 nitrogen and oxygen atoms in total. The molecule has 0 spiro atoms. The molecule has 1 saturated heterocycles. The molecule has 2 unspecified atom stereocenters. The second-order valence-electron chi connectivity index (χ2n) is 6.97. The number of hydrogen-bond acceptors (Lipinski definition) is 9. The monoisotopic (exact) mass is 404 g/mol. The lowest BCUT2D eigenvalue weighted by atomic mass is 10.1. The van der Waals surface area contributed by atoms with Gasteiger partial charge in [-0.3, -0.25) is 4.57 Å². The van der Waals surface area contributed by atoms with Crippen molar-refractivity contribution in [1.29, 1.82) is 0 Å². The third-order valence-electron chi connectivity index (χ3n) is 4.73. The minimum absolute atomic E-state index is 0.167. The molecular formula is C19H28N6O4. The number of fused-ring (bicyclic) bond motifs is 1. The second-order valence-corrected chi connectivity index (χ2v) is 6.97. The van der Waals surface area contributed by atoms with Crippen LogP contribution in [-0.4, -0.2) is 66.3 Å². The van der Waals surface area contributed by atoms with Gasteiger partial charge in [0.2, 0.25) is 11.8 Å². The van der Waals surface area contributed by atoms with Gasteiger partial charge in [0.05, 0.1) is 6.61 Å². The Labute approximate surface area is 169 Å². The van der Waals surface area contributed by atoms with Crippen molar-refractivity contribution in [2.75, 3.05) is 24.2 Å². The standard InChI is InChI=1S/C19H28N6O4/c1-3-5-6-7-8-12-22-16(20)13-17(23-12)25(19(24-13)21-9-4-2)18-15(28)14(27)11(10-26)29-18/h11,14-15,18,26-28H,3-6,9-10H2,1-2H3,(H,21,24)(H2,20,22,23)/t11-,14?,15?,18-/m1/s1. The highest BCUT2D eigenvalue weighted by Gasteiger charge is 2.45. The number of anilines is 2. The van der Waals surface area contributed by atoms with E-state index in [1.54, 1.807) is 4.57 Å². The molecule has 1 aliphatic heterocycles. The van der Waals surface area contributed by atoms with Gasteiger partial charge in [0.15, 0.2) is 23.2 Å². The van der Waals surface area contributed by atoms with Crippen LogP contribution in [0.4, 0.5) is 11.8 Å². The number of nitrogen functional groups attached to an aromatic ring is 1. The highest BCUT2D eigenvalue weighted by molar-refractivity contribution is 5.84. The van der Waals surface area contributed by atoms with Gasteiger partial charge < -0.3 is 31.1 Å². The van der Waals surface area contributed by atoms with Crippen molar-refractivity contribution in [3.8, 4) is 11.8 Å². The Morgan fingerprint density at radius 1 is 1.17 bits per heavy atom. The van der Waals surface area contributed by atoms with Crippen molar-refractivity contribution in [2.45, 2.75) is 64.1 Å². The van der Waals surface area contributed by atoms with Crippen molar-refractivity contribution in [3.05, 3.63) is 5.82 Å². The van der Waals surface area contributed by atoms with Crippen LogP contribution in [0.5, 0.6) is 0 Å². The molecule has 29 heavy (non-hydrogen) atoms. The summed E-state index contributed by atoms with van der Waals surface area (Å²) in [6.07, 6.45) is -0.835. The Morgan fingerprint density at radius 3 is 2.62 bits per heavy atom. The minimum Gasteiger partial charge on any atom is -0.394 e. The molecule has 0 amide bonds. The molecule has 10 heteroatoms. The molecule has 6 N–H and O–H groups in total. The molecule has 1 aliphatic rings. The quantitative estimate of drug-likeness (QED) is 0.326. The van der Waals surface area contributed by atoms with Crippen molar-refractivity contribution in [1.82, 2.24) is 19.5 Å². The second kappa shape index (κ2) is 9.37. The average Bonchev–Trinajstić information content (AvgIpc) is 3.21. The maximum absolute atomic E-state index is 10.5. The van der Waals surface area contributed by atoms with Crippen LogP contribution in [-0.2, 0) is 4.74 Å². The Balaban J connectivity index is 2.09. The van der Waals surface area contributed by atoms with Crippen LogP contribution in [0.25, 0.3) is 11.2 Å². The van der Waals surface area contributed by atoms with E-state index in [0.29, 0.717) is 23.7 Å². The zero-order chi connectivity index (χ0) is 21.0. The number of ether oxygens (including phenoxy) is 1. The van der Waals surface area contributed by atoms with E-state index in [4.69, 9.17) is 10.5 Å². The smallest absolute Gasteiger partial charge is 0.208 e. The van der Waals surface area contributed by atoms with Crippen LogP contribution in [0.1, 0.15) is 51.6 Å². The normalized spacial score (nSPS) is 23.9. The largest absolute Gasteiger partial charge is 0.394 e. The molecular weight excluding hydrogens is 376 g/mol. The molecule has 0 aliphatic carbocycles. The SMILES string of the molecule is CCCCC#Cc1nc(N)c2nc(NCCC)n([C@@H]3O[C@H](CO)C(O)C3O)c2n1. The maximum atomic E-state index is 10.5. The summed E-state index contributed by atoms with van der Waals surface area (Å²) < 4.78 is 7.24. The van der Waals surface area contributed by atoms with Crippen LogP contribution in [0.3, 0.4) is 0 Å². The Bertz CT molecular complexity index is 905. The van der Waals surface area contributed by atoms with Crippen molar-refractivity contribution in [2.24, 2.45) is 0 Å². The molecule has 0 saturated carbocycles. The zero-order valence-corrected chi connectivity index (χ0v) is 16.7. The fraction of sp³-hybridized carbons (Fsp3) is 0.632. The van der Waals surface area contributed by atoms with Crippen molar-refractivity contribution in [3.63, 3.8) is 0 Å². The number of aliphatic hydroxyl groups excluding tert-OH is 3. The molecule has 3 heterocycles. The number of nitrogens with zero attached hydrogens (tertiary/aromatic N) is 4. The first-order chi connectivity index (χ1) is 14.0. The van der Waals surface area contributed by atoms with E-state index in [1.807, 2.05) is 6.92 Å². The molecule has 158 valence electrons. The number of aromatic nitrogens is 4. The van der Waals surface area contributed by atoms with Crippen molar-refractivity contribution < 1.29 is 20.1 Å². The van der Waals surface area contributed by atoms with Gasteiger partial charge >= 0.3 is 0 Å². The van der Waals surface area contributed by atoms with E-state index < -0.39 is 31.1 Å². The highest BCUT2D eigenvalue weighted by atomic mass is 16.6. The number of imidazole rings is 1. The lowest BCUT2D eigenvalue weighted by Gasteiger charge is -2.19. The summed E-state index contributed by atoms with van der Waals surface area (Å²) in [6.45, 7) is 4.29. The average molecular weight is 404 g/mol. The van der Waals surface area contributed by atoms with Gasteiger partial charge in [-0.05, 0) is 18.8 Å². The number of nitrogens with two attached hydrogens (primary N) is 1. The lowest BCUT2D eigenvalue weighted by molar-refractivity contribution is -0.0501. The van der Waals surface area contributed by atoms with Gasteiger partial charge in [0.1, 0.15) is 18.3 Å². The first kappa shape index (κ1) is 21.3. The van der Waals surface area contributed by atoms with Crippen LogP contribution in [0, 0.1) is 11.8 Å². The Hall–Kier alpha value is -2.45. The summed E-state index contributed by atoms with van der Waals surface area (Å²) in [6, 6.07) is 0. The molecule has 2 aromatic rings. The highest BCUT2D eigenvalue weighted by Crippen LogP contribution is 2.35. The van der Waals surface area contributed by atoms with Gasteiger partial charge in [-0.2, -0.15) is 0 Å². The minimum atomic E-state index is -1.28. The van der Waals surface area contributed by atoms with Crippen molar-refractivity contribution >= 4 is 22.9 Å². The van der Waals surface area contributed by atoms with Gasteiger partial charge in [0, 0.05) is 13.0 Å². The molecule has 4 atom stereocenters. The molecule has 3 rings (SSSR count). The zero-order valence-electron chi connectivity index (χ0n) is 16.7. The predicted molar refractivity (Wildman–Crippen MR) is 108 cm³/mol. The van der Waals surface area contributed by atoms with E-state index in [0.717, 1.165) is 25.7 Å². The molecule has 1 fully saturated rings. The lowest BCUT2D eigenvalue weighted by Crippen LogP contribution is -2.33. The van der Waals surface area contributed by atoms with Crippen LogP contribution in [0.2, 0.25) is 0 Å². The number of unbranched alkanes of at least 4 members (excludes halogenated alkanes) is 2. The number of hydrogen-bond donors (Lipinski definition) is 5. The van der Waals surface area contributed by atoms with Crippen LogP contribution >= 0.6 is 0 Å². The summed E-state index contributed by atoms with van der Waals surface area (Å²) in [4.78, 5) is 13.2. The Morgan fingerprint density at radius 2 is 1.97 bits per heavy atom. The van der Waals surface area contributed by atoms with E-state index in [-0.39, 0.29) is 11.6 Å². The summed E-state index contributed by atoms with van der Waals surface area (Å²) in [5, 5.41) is 33.3. The third-order valence-corrected chi connectivity index (χ3v) is 4.73. The fourth-order valence-electron chi connectivity index (χ4n) is 3.15. The number of rotatable bonds is 7. The van der Waals surface area contributed by atoms with Gasteiger partial charge in [-0.25, -0.2) is 15.0 Å². The Kier molecular flexibility index (Phi) is 6.87. The topological polar surface area (TPSA) is 152 Å². The first-order valence-electron chi connectivity index (χ1n) is 9.92. The summed E-state index contributed by atoms with van der Waals surface area (Å²) in [5.41, 5.74) is 6.78. The number of nitrogens with one attached hydrogen (secondary N) is 1.